The fourth-order valence-electron chi connectivity index (χ4n) is 1.75. The molecule has 1 aromatic rings. The molecule has 2 N–H and O–H groups in total. The van der Waals surface area contributed by atoms with Crippen LogP contribution in [0.5, 0.6) is 0 Å². The summed E-state index contributed by atoms with van der Waals surface area (Å²) in [5.41, 5.74) is 5.80. The number of Topliss-reactive ketones (excluding diaryl/α,β-unsaturated/α-hetero) is 1. The van der Waals surface area contributed by atoms with Gasteiger partial charge in [-0.3, -0.25) is 9.69 Å². The molecule has 82 valence electrons. The number of carbonyl (C=O) groups is 1. The van der Waals surface area contributed by atoms with E-state index in [1.165, 1.54) is 11.5 Å². The smallest absolute Gasteiger partial charge is 0.188 e. The molecule has 0 bridgehead atoms. The number of carbonyl (C=O) groups excluding carboxylic acids is 1. The third kappa shape index (κ3) is 2.84. The van der Waals surface area contributed by atoms with Gasteiger partial charge in [-0.1, -0.05) is 0 Å². The Labute approximate surface area is 93.2 Å². The van der Waals surface area contributed by atoms with Gasteiger partial charge in [0.2, 0.25) is 0 Å². The molecule has 0 aliphatic carbocycles. The Hall–Kier alpha value is -0.780. The molecule has 0 amide bonds. The van der Waals surface area contributed by atoms with Crippen LogP contribution in [0.4, 0.5) is 0 Å². The van der Waals surface area contributed by atoms with E-state index in [-0.39, 0.29) is 5.78 Å². The van der Waals surface area contributed by atoms with Gasteiger partial charge in [0.1, 0.15) is 0 Å². The van der Waals surface area contributed by atoms with Crippen molar-refractivity contribution in [1.29, 1.82) is 0 Å². The molecule has 0 radical (unpaired) electrons. The van der Waals surface area contributed by atoms with Crippen LogP contribution in [0.2, 0.25) is 0 Å². The minimum atomic E-state index is 0.174. The second-order valence-corrected chi connectivity index (χ2v) is 4.75. The van der Waals surface area contributed by atoms with Crippen molar-refractivity contribution in [2.45, 2.75) is 18.9 Å². The first-order chi connectivity index (χ1) is 7.25. The zero-order chi connectivity index (χ0) is 10.7. The van der Waals surface area contributed by atoms with Crippen molar-refractivity contribution in [2.75, 3.05) is 19.6 Å². The van der Waals surface area contributed by atoms with Crippen LogP contribution in [0, 0.1) is 0 Å². The van der Waals surface area contributed by atoms with Crippen LogP contribution in [-0.4, -0.2) is 40.7 Å². The predicted octanol–water partition coefficient (Wildman–Crippen LogP) is 0.749. The van der Waals surface area contributed by atoms with Crippen LogP contribution in [0.25, 0.3) is 0 Å². The number of piperidine rings is 1. The monoisotopic (exact) mass is 225 g/mol. The molecule has 0 aromatic carbocycles. The summed E-state index contributed by atoms with van der Waals surface area (Å²) in [4.78, 5) is 14.7. The summed E-state index contributed by atoms with van der Waals surface area (Å²) in [6.07, 6.45) is 3.66. The molecule has 1 aliphatic heterocycles. The van der Waals surface area contributed by atoms with Crippen molar-refractivity contribution in [1.82, 2.24) is 9.27 Å². The lowest BCUT2D eigenvalue weighted by Crippen LogP contribution is -2.41. The third-order valence-corrected chi connectivity index (χ3v) is 3.50. The average molecular weight is 225 g/mol. The number of nitrogens with two attached hydrogens (primary N) is 1. The topological polar surface area (TPSA) is 59.2 Å². The third-order valence-electron chi connectivity index (χ3n) is 2.71. The lowest BCUT2D eigenvalue weighted by atomic mass is 10.1. The van der Waals surface area contributed by atoms with Crippen molar-refractivity contribution < 1.29 is 4.79 Å². The second kappa shape index (κ2) is 4.83. The van der Waals surface area contributed by atoms with Crippen LogP contribution in [0.15, 0.2) is 12.3 Å². The summed E-state index contributed by atoms with van der Waals surface area (Å²) in [6, 6.07) is 2.10. The van der Waals surface area contributed by atoms with E-state index >= 15 is 0 Å². The highest BCUT2D eigenvalue weighted by Gasteiger charge is 2.19. The van der Waals surface area contributed by atoms with E-state index < -0.39 is 0 Å². The number of hydrogen-bond donors (Lipinski definition) is 1. The van der Waals surface area contributed by atoms with E-state index in [2.05, 4.69) is 9.27 Å². The lowest BCUT2D eigenvalue weighted by molar-refractivity contribution is 0.0914. The Morgan fingerprint density at radius 1 is 1.60 bits per heavy atom. The van der Waals surface area contributed by atoms with E-state index in [0.29, 0.717) is 12.6 Å². The summed E-state index contributed by atoms with van der Waals surface area (Å²) in [5, 5.41) is 0. The molecule has 0 spiro atoms. The molecule has 5 heteroatoms. The molecule has 1 saturated heterocycles. The van der Waals surface area contributed by atoms with Crippen LogP contribution >= 0.6 is 11.5 Å². The van der Waals surface area contributed by atoms with E-state index in [9.17, 15) is 4.79 Å². The summed E-state index contributed by atoms with van der Waals surface area (Å²) in [7, 11) is 0. The second-order valence-electron chi connectivity index (χ2n) is 3.91. The SMILES string of the molecule is NC1CCN(CC(=O)c2ccns2)CC1. The highest BCUT2D eigenvalue weighted by Crippen LogP contribution is 2.11. The predicted molar refractivity (Wildman–Crippen MR) is 60.1 cm³/mol. The highest BCUT2D eigenvalue weighted by atomic mass is 32.1. The molecule has 15 heavy (non-hydrogen) atoms. The Kier molecular flexibility index (Phi) is 3.45. The van der Waals surface area contributed by atoms with Gasteiger partial charge < -0.3 is 5.73 Å². The zero-order valence-electron chi connectivity index (χ0n) is 8.56. The quantitative estimate of drug-likeness (QED) is 0.771. The number of rotatable bonds is 3. The maximum absolute atomic E-state index is 11.8. The molecule has 1 aromatic heterocycles. The van der Waals surface area contributed by atoms with Gasteiger partial charge in [-0.25, -0.2) is 4.37 Å². The van der Waals surface area contributed by atoms with Gasteiger partial charge in [0.25, 0.3) is 0 Å². The van der Waals surface area contributed by atoms with Crippen LogP contribution < -0.4 is 5.73 Å². The molecule has 2 rings (SSSR count). The van der Waals surface area contributed by atoms with Gasteiger partial charge in [-0.2, -0.15) is 0 Å². The number of aromatic nitrogens is 1. The molecular formula is C10H15N3OS. The van der Waals surface area contributed by atoms with Crippen molar-refractivity contribution in [3.8, 4) is 0 Å². The molecule has 2 heterocycles. The fourth-order valence-corrected chi connectivity index (χ4v) is 2.28. The first-order valence-corrected chi connectivity index (χ1v) is 5.95. The van der Waals surface area contributed by atoms with E-state index in [0.717, 1.165) is 30.8 Å². The number of ketones is 1. The molecule has 0 atom stereocenters. The summed E-state index contributed by atoms with van der Waals surface area (Å²) in [6.45, 7) is 2.38. The number of nitrogens with zero attached hydrogens (tertiary/aromatic N) is 2. The molecular weight excluding hydrogens is 210 g/mol. The zero-order valence-corrected chi connectivity index (χ0v) is 9.37. The minimum absolute atomic E-state index is 0.174. The largest absolute Gasteiger partial charge is 0.328 e. The maximum Gasteiger partial charge on any atom is 0.188 e. The van der Waals surface area contributed by atoms with Gasteiger partial charge in [-0.15, -0.1) is 0 Å². The molecule has 0 unspecified atom stereocenters. The first-order valence-electron chi connectivity index (χ1n) is 5.17. The van der Waals surface area contributed by atoms with Gasteiger partial charge >= 0.3 is 0 Å². The number of hydrogen-bond acceptors (Lipinski definition) is 5. The lowest BCUT2D eigenvalue weighted by Gasteiger charge is -2.29. The summed E-state index contributed by atoms with van der Waals surface area (Å²) in [5.74, 6) is 0.174. The van der Waals surface area contributed by atoms with Crippen molar-refractivity contribution in [3.05, 3.63) is 17.1 Å². The average Bonchev–Trinajstić information content (AvgIpc) is 2.74. The fraction of sp³-hybridized carbons (Fsp3) is 0.600. The Morgan fingerprint density at radius 3 is 2.93 bits per heavy atom. The van der Waals surface area contributed by atoms with Crippen molar-refractivity contribution in [2.24, 2.45) is 5.73 Å². The van der Waals surface area contributed by atoms with Crippen LogP contribution in [-0.2, 0) is 0 Å². The van der Waals surface area contributed by atoms with Crippen molar-refractivity contribution >= 4 is 17.3 Å². The molecule has 0 saturated carbocycles. The van der Waals surface area contributed by atoms with Gasteiger partial charge in [0.05, 0.1) is 11.4 Å². The summed E-state index contributed by atoms with van der Waals surface area (Å²) < 4.78 is 3.93. The standard InChI is InChI=1S/C10H15N3OS/c11-8-2-5-13(6-3-8)7-9(14)10-1-4-12-15-10/h1,4,8H,2-3,5-7,11H2. The maximum atomic E-state index is 11.8. The van der Waals surface area contributed by atoms with E-state index in [1.54, 1.807) is 12.3 Å². The Morgan fingerprint density at radius 2 is 2.33 bits per heavy atom. The summed E-state index contributed by atoms with van der Waals surface area (Å²) >= 11 is 1.27. The Balaban J connectivity index is 1.85. The van der Waals surface area contributed by atoms with Gasteiger partial charge in [0.15, 0.2) is 5.78 Å². The van der Waals surface area contributed by atoms with E-state index in [1.807, 2.05) is 0 Å². The van der Waals surface area contributed by atoms with Crippen LogP contribution in [0.3, 0.4) is 0 Å². The molecule has 4 nitrogen and oxygen atoms in total. The van der Waals surface area contributed by atoms with Gasteiger partial charge in [0, 0.05) is 25.3 Å². The minimum Gasteiger partial charge on any atom is -0.328 e. The first kappa shape index (κ1) is 10.7. The van der Waals surface area contributed by atoms with Gasteiger partial charge in [-0.05, 0) is 30.4 Å². The highest BCUT2D eigenvalue weighted by molar-refractivity contribution is 7.08. The van der Waals surface area contributed by atoms with Crippen LogP contribution in [0.1, 0.15) is 22.5 Å². The normalized spacial score (nSPS) is 19.3. The van der Waals surface area contributed by atoms with Crippen molar-refractivity contribution in [3.63, 3.8) is 0 Å². The molecule has 1 fully saturated rings. The number of likely N-dealkylation sites (tertiary alicyclic amines) is 1. The van der Waals surface area contributed by atoms with E-state index in [4.69, 9.17) is 5.73 Å². The Bertz CT molecular complexity index is 317. The molecule has 1 aliphatic rings.